The van der Waals surface area contributed by atoms with Gasteiger partial charge in [0.2, 0.25) is 5.91 Å². The molecule has 5 N–H and O–H groups in total. The lowest BCUT2D eigenvalue weighted by Gasteiger charge is -2.35. The van der Waals surface area contributed by atoms with Crippen LogP contribution < -0.4 is 21.7 Å². The van der Waals surface area contributed by atoms with Crippen molar-refractivity contribution < 1.29 is 9.53 Å². The fourth-order valence-electron chi connectivity index (χ4n) is 2.11. The van der Waals surface area contributed by atoms with E-state index in [2.05, 4.69) is 10.3 Å². The number of nitrogens with one attached hydrogen (secondary N) is 1. The quantitative estimate of drug-likeness (QED) is 0.717. The van der Waals surface area contributed by atoms with Crippen molar-refractivity contribution in [2.45, 2.75) is 25.9 Å². The number of ether oxygens (including phenoxy) is 1. The average Bonchev–Trinajstić information content (AvgIpc) is 2.41. The summed E-state index contributed by atoms with van der Waals surface area (Å²) in [7, 11) is 0. The zero-order valence-electron chi connectivity index (χ0n) is 11.8. The molecule has 0 saturated carbocycles. The van der Waals surface area contributed by atoms with Crippen LogP contribution in [0.4, 0.5) is 17.3 Å². The van der Waals surface area contributed by atoms with Crippen LogP contribution in [0.15, 0.2) is 12.1 Å². The summed E-state index contributed by atoms with van der Waals surface area (Å²) in [5.74, 6) is 0.845. The number of anilines is 3. The molecule has 0 aromatic carbocycles. The van der Waals surface area contributed by atoms with E-state index < -0.39 is 6.04 Å². The van der Waals surface area contributed by atoms with E-state index in [4.69, 9.17) is 16.2 Å². The number of carbonyl (C=O) groups is 1. The van der Waals surface area contributed by atoms with Crippen molar-refractivity contribution in [3.8, 4) is 0 Å². The highest BCUT2D eigenvalue weighted by Crippen LogP contribution is 2.22. The van der Waals surface area contributed by atoms with Gasteiger partial charge in [-0.05, 0) is 26.0 Å². The van der Waals surface area contributed by atoms with Gasteiger partial charge in [-0.2, -0.15) is 0 Å². The summed E-state index contributed by atoms with van der Waals surface area (Å²) in [6.07, 6.45) is 0. The summed E-state index contributed by atoms with van der Waals surface area (Å²) in [4.78, 5) is 18.4. The van der Waals surface area contributed by atoms with Crippen LogP contribution in [0.3, 0.4) is 0 Å². The molecule has 7 heteroatoms. The minimum absolute atomic E-state index is 0.0723. The van der Waals surface area contributed by atoms with E-state index in [9.17, 15) is 4.79 Å². The van der Waals surface area contributed by atoms with Gasteiger partial charge in [0.05, 0.1) is 18.9 Å². The molecule has 0 spiro atoms. The highest BCUT2D eigenvalue weighted by atomic mass is 16.5. The fourth-order valence-corrected chi connectivity index (χ4v) is 2.11. The van der Waals surface area contributed by atoms with Crippen LogP contribution in [0, 0.1) is 0 Å². The molecule has 2 rings (SSSR count). The maximum atomic E-state index is 12.2. The van der Waals surface area contributed by atoms with E-state index >= 15 is 0 Å². The number of nitrogens with two attached hydrogens (primary N) is 2. The Bertz CT molecular complexity index is 492. The summed E-state index contributed by atoms with van der Waals surface area (Å²) in [5.41, 5.74) is 11.8. The largest absolute Gasteiger partial charge is 0.396 e. The Labute approximate surface area is 118 Å². The number of morpholine rings is 1. The molecule has 1 atom stereocenters. The van der Waals surface area contributed by atoms with Crippen LogP contribution in [0.2, 0.25) is 0 Å². The Morgan fingerprint density at radius 2 is 2.25 bits per heavy atom. The Kier molecular flexibility index (Phi) is 4.29. The average molecular weight is 279 g/mol. The van der Waals surface area contributed by atoms with Crippen molar-refractivity contribution in [1.82, 2.24) is 10.3 Å². The summed E-state index contributed by atoms with van der Waals surface area (Å²) in [6, 6.07) is 3.15. The number of rotatable bonds is 3. The number of pyridine rings is 1. The van der Waals surface area contributed by atoms with E-state index in [1.54, 1.807) is 12.1 Å². The van der Waals surface area contributed by atoms with Crippen molar-refractivity contribution in [2.75, 3.05) is 36.1 Å². The van der Waals surface area contributed by atoms with Gasteiger partial charge in [-0.1, -0.05) is 0 Å². The molecule has 2 heterocycles. The molecule has 20 heavy (non-hydrogen) atoms. The number of aromatic nitrogens is 1. The lowest BCUT2D eigenvalue weighted by atomic mass is 10.2. The first-order chi connectivity index (χ1) is 9.49. The third-order valence-corrected chi connectivity index (χ3v) is 3.10. The third kappa shape index (κ3) is 3.11. The van der Waals surface area contributed by atoms with Gasteiger partial charge in [0.15, 0.2) is 0 Å². The summed E-state index contributed by atoms with van der Waals surface area (Å²) in [5, 5.41) is 2.89. The van der Waals surface area contributed by atoms with Gasteiger partial charge in [0, 0.05) is 12.6 Å². The minimum Gasteiger partial charge on any atom is -0.396 e. The molecule has 0 bridgehead atoms. The molecule has 0 radical (unpaired) electrons. The second-order valence-corrected chi connectivity index (χ2v) is 5.09. The maximum absolute atomic E-state index is 12.2. The van der Waals surface area contributed by atoms with E-state index in [1.807, 2.05) is 18.7 Å². The molecule has 1 aromatic rings. The van der Waals surface area contributed by atoms with Gasteiger partial charge in [0.1, 0.15) is 17.7 Å². The summed E-state index contributed by atoms with van der Waals surface area (Å²) >= 11 is 0. The Balaban J connectivity index is 2.21. The highest BCUT2D eigenvalue weighted by molar-refractivity contribution is 5.85. The lowest BCUT2D eigenvalue weighted by Crippen LogP contribution is -2.55. The first-order valence-electron chi connectivity index (χ1n) is 6.66. The maximum Gasteiger partial charge on any atom is 0.245 e. The number of carbonyl (C=O) groups excluding carboxylic acids is 1. The zero-order valence-corrected chi connectivity index (χ0v) is 11.8. The number of nitrogens with zero attached hydrogens (tertiary/aromatic N) is 2. The molecule has 0 aliphatic carbocycles. The number of amides is 1. The minimum atomic E-state index is -0.401. The normalized spacial score (nSPS) is 19.1. The van der Waals surface area contributed by atoms with Gasteiger partial charge in [0.25, 0.3) is 0 Å². The fraction of sp³-hybridized carbons (Fsp3) is 0.538. The first kappa shape index (κ1) is 14.4. The molecule has 1 fully saturated rings. The molecule has 1 aromatic heterocycles. The van der Waals surface area contributed by atoms with Crippen LogP contribution in [-0.2, 0) is 9.53 Å². The predicted octanol–water partition coefficient (Wildman–Crippen LogP) is -0.0242. The Morgan fingerprint density at radius 1 is 1.50 bits per heavy atom. The topological polar surface area (TPSA) is 106 Å². The van der Waals surface area contributed by atoms with Gasteiger partial charge >= 0.3 is 0 Å². The van der Waals surface area contributed by atoms with Crippen molar-refractivity contribution in [2.24, 2.45) is 0 Å². The second-order valence-electron chi connectivity index (χ2n) is 5.09. The summed E-state index contributed by atoms with van der Waals surface area (Å²) < 4.78 is 5.40. The molecule has 1 aliphatic heterocycles. The highest BCUT2D eigenvalue weighted by Gasteiger charge is 2.30. The Hall–Kier alpha value is -2.02. The monoisotopic (exact) mass is 279 g/mol. The van der Waals surface area contributed by atoms with Crippen molar-refractivity contribution >= 4 is 23.2 Å². The van der Waals surface area contributed by atoms with Crippen molar-refractivity contribution in [3.05, 3.63) is 12.1 Å². The van der Waals surface area contributed by atoms with E-state index in [1.165, 1.54) is 0 Å². The molecule has 1 aliphatic rings. The van der Waals surface area contributed by atoms with Crippen molar-refractivity contribution in [1.29, 1.82) is 0 Å². The second kappa shape index (κ2) is 5.96. The molecule has 1 amide bonds. The van der Waals surface area contributed by atoms with E-state index in [0.717, 1.165) is 0 Å². The molecule has 110 valence electrons. The summed E-state index contributed by atoms with van der Waals surface area (Å²) in [6.45, 7) is 5.32. The van der Waals surface area contributed by atoms with E-state index in [-0.39, 0.29) is 17.8 Å². The molecule has 7 nitrogen and oxygen atoms in total. The van der Waals surface area contributed by atoms with Gasteiger partial charge in [-0.15, -0.1) is 0 Å². The molecular weight excluding hydrogens is 258 g/mol. The van der Waals surface area contributed by atoms with Crippen LogP contribution >= 0.6 is 0 Å². The smallest absolute Gasteiger partial charge is 0.245 e. The SMILES string of the molecule is CC(C)NC(=O)C1COCCN1c1ccc(N)c(N)n1. The van der Waals surface area contributed by atoms with E-state index in [0.29, 0.717) is 31.3 Å². The zero-order chi connectivity index (χ0) is 14.7. The third-order valence-electron chi connectivity index (χ3n) is 3.10. The predicted molar refractivity (Wildman–Crippen MR) is 78.3 cm³/mol. The molecular formula is C13H21N5O2. The van der Waals surface area contributed by atoms with Crippen LogP contribution in [-0.4, -0.2) is 42.7 Å². The number of nitrogen functional groups attached to an aromatic ring is 2. The van der Waals surface area contributed by atoms with Gasteiger partial charge in [-0.25, -0.2) is 4.98 Å². The number of hydrogen-bond acceptors (Lipinski definition) is 6. The van der Waals surface area contributed by atoms with Gasteiger partial charge in [-0.3, -0.25) is 4.79 Å². The van der Waals surface area contributed by atoms with Crippen LogP contribution in [0.5, 0.6) is 0 Å². The standard InChI is InChI=1S/C13H21N5O2/c1-8(2)16-13(19)10-7-20-6-5-18(10)11-4-3-9(14)12(15)17-11/h3-4,8,10H,5-7,14H2,1-2H3,(H2,15,17)(H,16,19). The Morgan fingerprint density at radius 3 is 2.90 bits per heavy atom. The lowest BCUT2D eigenvalue weighted by molar-refractivity contribution is -0.125. The number of hydrogen-bond donors (Lipinski definition) is 3. The van der Waals surface area contributed by atoms with Gasteiger partial charge < -0.3 is 26.4 Å². The van der Waals surface area contributed by atoms with Crippen molar-refractivity contribution in [3.63, 3.8) is 0 Å². The molecule has 1 saturated heterocycles. The van der Waals surface area contributed by atoms with Crippen LogP contribution in [0.1, 0.15) is 13.8 Å². The first-order valence-corrected chi connectivity index (χ1v) is 6.66. The molecule has 1 unspecified atom stereocenters. The van der Waals surface area contributed by atoms with Crippen LogP contribution in [0.25, 0.3) is 0 Å².